The number of aryl methyl sites for hydroxylation is 1. The van der Waals surface area contributed by atoms with Crippen LogP contribution >= 0.6 is 10.7 Å². The van der Waals surface area contributed by atoms with Crippen LogP contribution in [0.2, 0.25) is 0 Å². The Morgan fingerprint density at radius 3 is 2.55 bits per heavy atom. The van der Waals surface area contributed by atoms with Gasteiger partial charge in [0.25, 0.3) is 9.05 Å². The number of halogens is 1. The zero-order valence-corrected chi connectivity index (χ0v) is 13.0. The Balaban J connectivity index is 2.70. The summed E-state index contributed by atoms with van der Waals surface area (Å²) in [5.74, 6) is -0.605. The first-order valence-electron chi connectivity index (χ1n) is 6.16. The number of carbonyl (C=O) groups excluding carboxylic acids is 1. The van der Waals surface area contributed by atoms with Crippen LogP contribution in [0, 0.1) is 6.92 Å². The van der Waals surface area contributed by atoms with Crippen molar-refractivity contribution >= 4 is 25.7 Å². The highest BCUT2D eigenvalue weighted by Gasteiger charge is 2.17. The third kappa shape index (κ3) is 5.11. The van der Waals surface area contributed by atoms with E-state index in [-0.39, 0.29) is 17.1 Å². The van der Waals surface area contributed by atoms with Gasteiger partial charge in [0.1, 0.15) is 6.61 Å². The van der Waals surface area contributed by atoms with Crippen LogP contribution in [0.4, 0.5) is 0 Å². The third-order valence-corrected chi connectivity index (χ3v) is 3.96. The standard InChI is InChI=1S/C13H17ClO5S/c1-3-6-18-7-8-19-13(15)11-5-4-10(2)12(9-11)20(14,16)17/h4-5,9H,3,6-8H2,1-2H3. The van der Waals surface area contributed by atoms with Gasteiger partial charge in [0, 0.05) is 17.3 Å². The van der Waals surface area contributed by atoms with Crippen LogP contribution in [-0.4, -0.2) is 34.2 Å². The lowest BCUT2D eigenvalue weighted by Crippen LogP contribution is -2.12. The number of hydrogen-bond acceptors (Lipinski definition) is 5. The predicted octanol–water partition coefficient (Wildman–Crippen LogP) is 2.51. The predicted molar refractivity (Wildman–Crippen MR) is 75.6 cm³/mol. The van der Waals surface area contributed by atoms with E-state index in [2.05, 4.69) is 0 Å². The molecular weight excluding hydrogens is 304 g/mol. The summed E-state index contributed by atoms with van der Waals surface area (Å²) in [6.07, 6.45) is 0.892. The first-order valence-corrected chi connectivity index (χ1v) is 8.47. The van der Waals surface area contributed by atoms with E-state index in [1.807, 2.05) is 6.92 Å². The van der Waals surface area contributed by atoms with Gasteiger partial charge in [-0.2, -0.15) is 0 Å². The molecule has 7 heteroatoms. The maximum absolute atomic E-state index is 11.8. The van der Waals surface area contributed by atoms with Crippen molar-refractivity contribution in [1.82, 2.24) is 0 Å². The van der Waals surface area contributed by atoms with Crippen molar-refractivity contribution < 1.29 is 22.7 Å². The van der Waals surface area contributed by atoms with Crippen LogP contribution in [0.15, 0.2) is 23.1 Å². The largest absolute Gasteiger partial charge is 0.460 e. The Bertz CT molecular complexity index is 568. The fourth-order valence-corrected chi connectivity index (χ4v) is 2.73. The minimum atomic E-state index is -3.88. The zero-order chi connectivity index (χ0) is 15.2. The molecule has 1 aromatic rings. The quantitative estimate of drug-likeness (QED) is 0.438. The fraction of sp³-hybridized carbons (Fsp3) is 0.462. The molecule has 0 aliphatic rings. The fourth-order valence-electron chi connectivity index (χ4n) is 1.51. The van der Waals surface area contributed by atoms with Crippen molar-refractivity contribution in [1.29, 1.82) is 0 Å². The topological polar surface area (TPSA) is 69.7 Å². The van der Waals surface area contributed by atoms with Crippen molar-refractivity contribution in [2.24, 2.45) is 0 Å². The van der Waals surface area contributed by atoms with Crippen LogP contribution in [-0.2, 0) is 18.5 Å². The molecule has 0 saturated heterocycles. The lowest BCUT2D eigenvalue weighted by atomic mass is 10.1. The molecule has 112 valence electrons. The van der Waals surface area contributed by atoms with E-state index < -0.39 is 15.0 Å². The van der Waals surface area contributed by atoms with Crippen LogP contribution < -0.4 is 0 Å². The summed E-state index contributed by atoms with van der Waals surface area (Å²) in [6, 6.07) is 4.22. The molecule has 0 bridgehead atoms. The van der Waals surface area contributed by atoms with Crippen molar-refractivity contribution in [2.45, 2.75) is 25.2 Å². The lowest BCUT2D eigenvalue weighted by Gasteiger charge is -2.07. The molecule has 0 heterocycles. The second-order valence-corrected chi connectivity index (χ2v) is 6.70. The summed E-state index contributed by atoms with van der Waals surface area (Å²) in [7, 11) is 1.42. The molecule has 0 aliphatic carbocycles. The average molecular weight is 321 g/mol. The van der Waals surface area contributed by atoms with E-state index in [1.54, 1.807) is 6.92 Å². The van der Waals surface area contributed by atoms with Gasteiger partial charge in [-0.3, -0.25) is 0 Å². The van der Waals surface area contributed by atoms with E-state index in [9.17, 15) is 13.2 Å². The summed E-state index contributed by atoms with van der Waals surface area (Å²) >= 11 is 0. The third-order valence-electron chi connectivity index (χ3n) is 2.50. The Morgan fingerprint density at radius 1 is 1.25 bits per heavy atom. The highest BCUT2D eigenvalue weighted by Crippen LogP contribution is 2.21. The first kappa shape index (κ1) is 16.9. The van der Waals surface area contributed by atoms with E-state index in [4.69, 9.17) is 20.2 Å². The van der Waals surface area contributed by atoms with Crippen molar-refractivity contribution in [3.8, 4) is 0 Å². The maximum atomic E-state index is 11.8. The molecular formula is C13H17ClO5S. The number of hydrogen-bond donors (Lipinski definition) is 0. The molecule has 0 aromatic heterocycles. The summed E-state index contributed by atoms with van der Waals surface area (Å²) in [6.45, 7) is 4.62. The molecule has 1 rings (SSSR count). The van der Waals surface area contributed by atoms with Gasteiger partial charge in [-0.1, -0.05) is 13.0 Å². The number of ether oxygens (including phenoxy) is 2. The highest BCUT2D eigenvalue weighted by molar-refractivity contribution is 8.13. The summed E-state index contributed by atoms with van der Waals surface area (Å²) < 4.78 is 32.9. The SMILES string of the molecule is CCCOCCOC(=O)c1ccc(C)c(S(=O)(=O)Cl)c1. The van der Waals surface area contributed by atoms with Gasteiger partial charge in [0.15, 0.2) is 0 Å². The molecule has 0 N–H and O–H groups in total. The number of rotatable bonds is 7. The Labute approximate surface area is 123 Å². The highest BCUT2D eigenvalue weighted by atomic mass is 35.7. The van der Waals surface area contributed by atoms with Crippen molar-refractivity contribution in [3.63, 3.8) is 0 Å². The zero-order valence-electron chi connectivity index (χ0n) is 11.4. The van der Waals surface area contributed by atoms with Crippen LogP contribution in [0.5, 0.6) is 0 Å². The Kier molecular flexibility index (Phi) is 6.45. The van der Waals surface area contributed by atoms with Crippen molar-refractivity contribution in [2.75, 3.05) is 19.8 Å². The monoisotopic (exact) mass is 320 g/mol. The van der Waals surface area contributed by atoms with Crippen LogP contribution in [0.3, 0.4) is 0 Å². The van der Waals surface area contributed by atoms with E-state index in [1.165, 1.54) is 18.2 Å². The summed E-state index contributed by atoms with van der Waals surface area (Å²) in [5.41, 5.74) is 0.619. The summed E-state index contributed by atoms with van der Waals surface area (Å²) in [5, 5.41) is 0. The minimum Gasteiger partial charge on any atom is -0.460 e. The molecule has 0 saturated carbocycles. The molecule has 0 amide bonds. The van der Waals surface area contributed by atoms with Gasteiger partial charge in [-0.05, 0) is 31.0 Å². The molecule has 0 fully saturated rings. The van der Waals surface area contributed by atoms with E-state index >= 15 is 0 Å². The van der Waals surface area contributed by atoms with Crippen LogP contribution in [0.1, 0.15) is 29.3 Å². The number of carbonyl (C=O) groups is 1. The van der Waals surface area contributed by atoms with Gasteiger partial charge >= 0.3 is 5.97 Å². The molecule has 20 heavy (non-hydrogen) atoms. The molecule has 0 atom stereocenters. The van der Waals surface area contributed by atoms with Gasteiger partial charge in [-0.15, -0.1) is 0 Å². The molecule has 0 aliphatic heterocycles. The van der Waals surface area contributed by atoms with Gasteiger partial charge in [0.05, 0.1) is 17.1 Å². The second-order valence-electron chi connectivity index (χ2n) is 4.17. The first-order chi connectivity index (χ1) is 9.36. The molecule has 0 spiro atoms. The average Bonchev–Trinajstić information content (AvgIpc) is 2.37. The summed E-state index contributed by atoms with van der Waals surface area (Å²) in [4.78, 5) is 11.7. The smallest absolute Gasteiger partial charge is 0.338 e. The molecule has 0 radical (unpaired) electrons. The van der Waals surface area contributed by atoms with Gasteiger partial charge in [0.2, 0.25) is 0 Å². The number of benzene rings is 1. The van der Waals surface area contributed by atoms with Gasteiger partial charge < -0.3 is 9.47 Å². The minimum absolute atomic E-state index is 0.0872. The normalized spacial score (nSPS) is 11.3. The lowest BCUT2D eigenvalue weighted by molar-refractivity contribution is 0.0318. The van der Waals surface area contributed by atoms with Gasteiger partial charge in [-0.25, -0.2) is 13.2 Å². The second kappa shape index (κ2) is 7.61. The van der Waals surface area contributed by atoms with Crippen LogP contribution in [0.25, 0.3) is 0 Å². The number of esters is 1. The maximum Gasteiger partial charge on any atom is 0.338 e. The van der Waals surface area contributed by atoms with E-state index in [0.717, 1.165) is 6.42 Å². The molecule has 1 aromatic carbocycles. The van der Waals surface area contributed by atoms with E-state index in [0.29, 0.717) is 18.8 Å². The Hall–Kier alpha value is -1.11. The Morgan fingerprint density at radius 2 is 1.95 bits per heavy atom. The molecule has 5 nitrogen and oxygen atoms in total. The molecule has 0 unspecified atom stereocenters. The van der Waals surface area contributed by atoms with Crippen molar-refractivity contribution in [3.05, 3.63) is 29.3 Å².